The molecule has 21 heavy (non-hydrogen) atoms. The van der Waals surface area contributed by atoms with E-state index in [1.807, 2.05) is 27.0 Å². The average molecular weight is 284 g/mol. The van der Waals surface area contributed by atoms with Crippen LogP contribution in [0.15, 0.2) is 18.2 Å². The fourth-order valence-electron chi connectivity index (χ4n) is 2.48. The minimum atomic E-state index is 0.208. The second kappa shape index (κ2) is 4.69. The number of rotatable bonds is 2. The van der Waals surface area contributed by atoms with Crippen LogP contribution < -0.4 is 0 Å². The zero-order valence-electron chi connectivity index (χ0n) is 12.4. The van der Waals surface area contributed by atoms with E-state index in [0.717, 1.165) is 28.1 Å². The number of aromatic nitrogens is 6. The van der Waals surface area contributed by atoms with Crippen molar-refractivity contribution >= 4 is 0 Å². The van der Waals surface area contributed by atoms with E-state index in [0.29, 0.717) is 5.82 Å². The lowest BCUT2D eigenvalue weighted by Gasteiger charge is -2.09. The number of nitrogens with zero attached hydrogens (tertiary/aromatic N) is 6. The van der Waals surface area contributed by atoms with Crippen molar-refractivity contribution in [2.75, 3.05) is 0 Å². The van der Waals surface area contributed by atoms with Crippen LogP contribution in [0.2, 0.25) is 0 Å². The molecular weight excluding hydrogens is 268 g/mol. The number of phenolic OH excluding ortho intramolecular Hbond substituents is 1. The number of hydrogen-bond acceptors (Lipinski definition) is 5. The molecule has 0 saturated heterocycles. The Labute approximate surface area is 121 Å². The first-order valence-corrected chi connectivity index (χ1v) is 6.55. The minimum absolute atomic E-state index is 0.208. The lowest BCUT2D eigenvalue weighted by Crippen LogP contribution is -1.97. The fourth-order valence-corrected chi connectivity index (χ4v) is 2.48. The fraction of sp³-hybridized carbons (Fsp3) is 0.286. The summed E-state index contributed by atoms with van der Waals surface area (Å²) in [5, 5.41) is 26.1. The predicted molar refractivity (Wildman–Crippen MR) is 77.6 cm³/mol. The summed E-state index contributed by atoms with van der Waals surface area (Å²) in [6, 6.07) is 5.33. The van der Waals surface area contributed by atoms with E-state index in [4.69, 9.17) is 0 Å². The summed E-state index contributed by atoms with van der Waals surface area (Å²) in [6.45, 7) is 3.94. The molecule has 7 nitrogen and oxygen atoms in total. The van der Waals surface area contributed by atoms with Crippen molar-refractivity contribution in [1.82, 2.24) is 30.0 Å². The third kappa shape index (κ3) is 2.06. The monoisotopic (exact) mass is 284 g/mol. The Morgan fingerprint density at radius 3 is 2.43 bits per heavy atom. The highest BCUT2D eigenvalue weighted by atomic mass is 16.3. The Balaban J connectivity index is 2.22. The standard InChI is InChI=1S/C14H16N6O/c1-8-9(2)16-19(3)13(8)11-7-10(5-6-12(11)21)14-15-17-18-20(14)4/h5-7,21H,1-4H3. The second-order valence-electron chi connectivity index (χ2n) is 5.04. The normalized spacial score (nSPS) is 11.0. The Kier molecular flexibility index (Phi) is 2.97. The SMILES string of the molecule is Cc1nn(C)c(-c2cc(-c3nnnn3C)ccc2O)c1C. The van der Waals surface area contributed by atoms with E-state index in [9.17, 15) is 5.11 Å². The quantitative estimate of drug-likeness (QED) is 0.773. The zero-order valence-corrected chi connectivity index (χ0v) is 12.4. The molecule has 0 aliphatic carbocycles. The van der Waals surface area contributed by atoms with Crippen LogP contribution in [0.4, 0.5) is 0 Å². The number of aryl methyl sites for hydroxylation is 3. The van der Waals surface area contributed by atoms with E-state index in [1.54, 1.807) is 28.5 Å². The van der Waals surface area contributed by atoms with Crippen LogP contribution in [0.1, 0.15) is 11.3 Å². The van der Waals surface area contributed by atoms with Gasteiger partial charge in [0.1, 0.15) is 5.75 Å². The lowest BCUT2D eigenvalue weighted by molar-refractivity contribution is 0.476. The molecule has 108 valence electrons. The van der Waals surface area contributed by atoms with Crippen molar-refractivity contribution in [3.05, 3.63) is 29.5 Å². The Bertz CT molecular complexity index is 817. The summed E-state index contributed by atoms with van der Waals surface area (Å²) in [6.07, 6.45) is 0. The molecule has 0 amide bonds. The van der Waals surface area contributed by atoms with Gasteiger partial charge in [-0.2, -0.15) is 5.10 Å². The summed E-state index contributed by atoms with van der Waals surface area (Å²) in [5.41, 5.74) is 4.44. The third-order valence-electron chi connectivity index (χ3n) is 3.65. The molecule has 0 unspecified atom stereocenters. The Morgan fingerprint density at radius 2 is 1.86 bits per heavy atom. The number of hydrogen-bond donors (Lipinski definition) is 1. The van der Waals surface area contributed by atoms with Gasteiger partial charge in [-0.05, 0) is 48.0 Å². The van der Waals surface area contributed by atoms with Gasteiger partial charge < -0.3 is 5.11 Å². The third-order valence-corrected chi connectivity index (χ3v) is 3.65. The molecular formula is C14H16N6O. The van der Waals surface area contributed by atoms with Crippen molar-refractivity contribution in [2.24, 2.45) is 14.1 Å². The van der Waals surface area contributed by atoms with E-state index >= 15 is 0 Å². The molecule has 2 aromatic heterocycles. The van der Waals surface area contributed by atoms with E-state index in [1.165, 1.54) is 0 Å². The lowest BCUT2D eigenvalue weighted by atomic mass is 10.0. The summed E-state index contributed by atoms with van der Waals surface area (Å²) in [7, 11) is 3.65. The van der Waals surface area contributed by atoms with Crippen LogP contribution in [0.5, 0.6) is 5.75 Å². The van der Waals surface area contributed by atoms with Crippen LogP contribution in [0, 0.1) is 13.8 Å². The molecule has 0 atom stereocenters. The van der Waals surface area contributed by atoms with Crippen LogP contribution in [-0.4, -0.2) is 35.1 Å². The van der Waals surface area contributed by atoms with Gasteiger partial charge in [0, 0.05) is 25.2 Å². The molecule has 3 rings (SSSR count). The maximum atomic E-state index is 10.2. The minimum Gasteiger partial charge on any atom is -0.507 e. The molecule has 7 heteroatoms. The maximum Gasteiger partial charge on any atom is 0.181 e. The topological polar surface area (TPSA) is 81.7 Å². The first kappa shape index (κ1) is 13.3. The molecule has 1 aromatic carbocycles. The van der Waals surface area contributed by atoms with Crippen molar-refractivity contribution in [2.45, 2.75) is 13.8 Å². The molecule has 0 bridgehead atoms. The highest BCUT2D eigenvalue weighted by molar-refractivity contribution is 5.75. The Morgan fingerprint density at radius 1 is 1.10 bits per heavy atom. The van der Waals surface area contributed by atoms with Gasteiger partial charge in [0.25, 0.3) is 0 Å². The second-order valence-corrected chi connectivity index (χ2v) is 5.04. The van der Waals surface area contributed by atoms with Gasteiger partial charge in [0.2, 0.25) is 0 Å². The summed E-state index contributed by atoms with van der Waals surface area (Å²) >= 11 is 0. The summed E-state index contributed by atoms with van der Waals surface area (Å²) in [5.74, 6) is 0.854. The van der Waals surface area contributed by atoms with Gasteiger partial charge in [-0.25, -0.2) is 4.68 Å². The van der Waals surface area contributed by atoms with Crippen molar-refractivity contribution < 1.29 is 5.11 Å². The molecule has 0 saturated carbocycles. The van der Waals surface area contributed by atoms with Crippen molar-refractivity contribution in [3.8, 4) is 28.4 Å². The molecule has 0 aliphatic rings. The molecule has 0 radical (unpaired) electrons. The number of aromatic hydroxyl groups is 1. The average Bonchev–Trinajstić information content (AvgIpc) is 2.96. The van der Waals surface area contributed by atoms with Crippen LogP contribution in [-0.2, 0) is 14.1 Å². The number of benzene rings is 1. The van der Waals surface area contributed by atoms with Gasteiger partial charge in [-0.1, -0.05) is 0 Å². The van der Waals surface area contributed by atoms with E-state index < -0.39 is 0 Å². The molecule has 3 aromatic rings. The number of phenols is 1. The molecule has 2 heterocycles. The smallest absolute Gasteiger partial charge is 0.181 e. The van der Waals surface area contributed by atoms with E-state index in [2.05, 4.69) is 20.6 Å². The first-order valence-electron chi connectivity index (χ1n) is 6.55. The van der Waals surface area contributed by atoms with Gasteiger partial charge in [-0.3, -0.25) is 4.68 Å². The molecule has 0 aliphatic heterocycles. The van der Waals surface area contributed by atoms with Crippen molar-refractivity contribution in [3.63, 3.8) is 0 Å². The Hall–Kier alpha value is -2.70. The summed E-state index contributed by atoms with van der Waals surface area (Å²) < 4.78 is 3.37. The van der Waals surface area contributed by atoms with Gasteiger partial charge in [0.05, 0.1) is 11.4 Å². The van der Waals surface area contributed by atoms with E-state index in [-0.39, 0.29) is 5.75 Å². The molecule has 1 N–H and O–H groups in total. The highest BCUT2D eigenvalue weighted by Gasteiger charge is 2.17. The van der Waals surface area contributed by atoms with Crippen LogP contribution in [0.3, 0.4) is 0 Å². The zero-order chi connectivity index (χ0) is 15.1. The van der Waals surface area contributed by atoms with Gasteiger partial charge in [-0.15, -0.1) is 5.10 Å². The van der Waals surface area contributed by atoms with Gasteiger partial charge >= 0.3 is 0 Å². The highest BCUT2D eigenvalue weighted by Crippen LogP contribution is 2.35. The summed E-state index contributed by atoms with van der Waals surface area (Å²) in [4.78, 5) is 0. The maximum absolute atomic E-state index is 10.2. The van der Waals surface area contributed by atoms with Crippen LogP contribution in [0.25, 0.3) is 22.6 Å². The first-order chi connectivity index (χ1) is 9.99. The van der Waals surface area contributed by atoms with Crippen LogP contribution >= 0.6 is 0 Å². The van der Waals surface area contributed by atoms with Crippen molar-refractivity contribution in [1.29, 1.82) is 0 Å². The molecule has 0 fully saturated rings. The predicted octanol–water partition coefficient (Wildman–Crippen LogP) is 1.60. The van der Waals surface area contributed by atoms with Gasteiger partial charge in [0.15, 0.2) is 5.82 Å². The largest absolute Gasteiger partial charge is 0.507 e. The molecule has 0 spiro atoms. The number of tetrazole rings is 1.